The number of carboxylic acid groups (broad SMARTS) is 1. The third-order valence-electron chi connectivity index (χ3n) is 4.56. The van der Waals surface area contributed by atoms with E-state index < -0.39 is 5.97 Å². The highest BCUT2D eigenvalue weighted by atomic mass is 32.2. The lowest BCUT2D eigenvalue weighted by Gasteiger charge is -2.40. The van der Waals surface area contributed by atoms with Crippen LogP contribution in [0.1, 0.15) is 25.7 Å². The maximum absolute atomic E-state index is 12.0. The maximum Gasteiger partial charge on any atom is 0.304 e. The van der Waals surface area contributed by atoms with Gasteiger partial charge in [-0.3, -0.25) is 14.5 Å². The van der Waals surface area contributed by atoms with Crippen molar-refractivity contribution in [3.63, 3.8) is 0 Å². The lowest BCUT2D eigenvalue weighted by molar-refractivity contribution is -0.138. The Balaban J connectivity index is 1.75. The molecule has 3 saturated heterocycles. The molecular weight excluding hydrogens is 264 g/mol. The van der Waals surface area contributed by atoms with Crippen molar-refractivity contribution in [3.05, 3.63) is 0 Å². The van der Waals surface area contributed by atoms with Gasteiger partial charge in [-0.05, 0) is 12.8 Å². The number of nitrogens with zero attached hydrogens (tertiary/aromatic N) is 2. The zero-order valence-electron chi connectivity index (χ0n) is 11.0. The van der Waals surface area contributed by atoms with E-state index in [-0.39, 0.29) is 24.4 Å². The molecule has 6 heteroatoms. The van der Waals surface area contributed by atoms with Crippen LogP contribution >= 0.6 is 11.8 Å². The highest BCUT2D eigenvalue weighted by Gasteiger charge is 2.46. The van der Waals surface area contributed by atoms with Gasteiger partial charge in [0.2, 0.25) is 5.91 Å². The molecule has 3 aliphatic rings. The highest BCUT2D eigenvalue weighted by Crippen LogP contribution is 2.35. The summed E-state index contributed by atoms with van der Waals surface area (Å²) in [6.07, 6.45) is 2.97. The molecule has 3 heterocycles. The van der Waals surface area contributed by atoms with Gasteiger partial charge in [0, 0.05) is 49.1 Å². The second-order valence-electron chi connectivity index (χ2n) is 5.63. The number of fused-ring (bicyclic) bond motifs is 1. The van der Waals surface area contributed by atoms with Crippen LogP contribution in [-0.4, -0.2) is 69.5 Å². The minimum atomic E-state index is -0.731. The predicted octanol–water partition coefficient (Wildman–Crippen LogP) is 0.642. The molecule has 3 aliphatic heterocycles. The fraction of sp³-hybridized carbons (Fsp3) is 0.846. The molecule has 3 unspecified atom stereocenters. The number of carboxylic acids is 1. The van der Waals surface area contributed by atoms with Crippen LogP contribution in [0.4, 0.5) is 0 Å². The van der Waals surface area contributed by atoms with Gasteiger partial charge in [-0.25, -0.2) is 0 Å². The van der Waals surface area contributed by atoms with Crippen LogP contribution in [0.5, 0.6) is 0 Å². The van der Waals surface area contributed by atoms with Crippen molar-refractivity contribution in [2.45, 2.75) is 43.8 Å². The average molecular weight is 284 g/mol. The summed E-state index contributed by atoms with van der Waals surface area (Å²) < 4.78 is 0. The van der Waals surface area contributed by atoms with Crippen molar-refractivity contribution in [1.82, 2.24) is 9.80 Å². The van der Waals surface area contributed by atoms with E-state index in [0.717, 1.165) is 37.4 Å². The number of rotatable bonds is 3. The Kier molecular flexibility index (Phi) is 3.71. The highest BCUT2D eigenvalue weighted by molar-refractivity contribution is 7.99. The lowest BCUT2D eigenvalue weighted by atomic mass is 10.0. The number of hydrogen-bond acceptors (Lipinski definition) is 4. The third-order valence-corrected chi connectivity index (χ3v) is 5.65. The predicted molar refractivity (Wildman–Crippen MR) is 73.2 cm³/mol. The molecule has 3 atom stereocenters. The van der Waals surface area contributed by atoms with E-state index in [2.05, 4.69) is 4.90 Å². The van der Waals surface area contributed by atoms with E-state index in [1.807, 2.05) is 16.7 Å². The molecular formula is C13H20N2O3S. The molecule has 3 rings (SSSR count). The summed E-state index contributed by atoms with van der Waals surface area (Å²) in [6, 6.07) is 0.682. The first-order valence-corrected chi connectivity index (χ1v) is 8.17. The first-order chi connectivity index (χ1) is 9.16. The van der Waals surface area contributed by atoms with Gasteiger partial charge in [0.05, 0.1) is 6.42 Å². The molecule has 19 heavy (non-hydrogen) atoms. The van der Waals surface area contributed by atoms with Crippen LogP contribution in [-0.2, 0) is 9.59 Å². The molecule has 1 N–H and O–H groups in total. The second-order valence-corrected chi connectivity index (χ2v) is 6.78. The van der Waals surface area contributed by atoms with Gasteiger partial charge in [-0.2, -0.15) is 11.8 Å². The smallest absolute Gasteiger partial charge is 0.304 e. The SMILES string of the molecule is O=C(O)CC1CSCCN1C1CC(=O)N2CCCC12. The molecule has 0 bridgehead atoms. The van der Waals surface area contributed by atoms with Crippen LogP contribution < -0.4 is 0 Å². The van der Waals surface area contributed by atoms with Gasteiger partial charge in [0.15, 0.2) is 0 Å². The Labute approximate surface area is 117 Å². The second kappa shape index (κ2) is 5.32. The van der Waals surface area contributed by atoms with E-state index in [1.165, 1.54) is 0 Å². The maximum atomic E-state index is 12.0. The molecule has 0 spiro atoms. The number of thioether (sulfide) groups is 1. The monoisotopic (exact) mass is 284 g/mol. The minimum Gasteiger partial charge on any atom is -0.481 e. The van der Waals surface area contributed by atoms with Gasteiger partial charge in [0.25, 0.3) is 0 Å². The molecule has 0 aromatic rings. The molecule has 3 fully saturated rings. The average Bonchev–Trinajstić information content (AvgIpc) is 2.94. The molecule has 0 radical (unpaired) electrons. The standard InChI is InChI=1S/C13H20N2O3S/c16-12-7-11(10-2-1-3-15(10)12)14-4-5-19-8-9(14)6-13(17)18/h9-11H,1-8H2,(H,17,18). The zero-order chi connectivity index (χ0) is 13.4. The fourth-order valence-electron chi connectivity index (χ4n) is 3.75. The molecule has 0 aromatic carbocycles. The Bertz CT molecular complexity index is 390. The summed E-state index contributed by atoms with van der Waals surface area (Å²) in [5.41, 5.74) is 0. The van der Waals surface area contributed by atoms with E-state index in [9.17, 15) is 9.59 Å². The Hall–Kier alpha value is -0.750. The normalized spacial score (nSPS) is 35.7. The molecule has 106 valence electrons. The quantitative estimate of drug-likeness (QED) is 0.824. The minimum absolute atomic E-state index is 0.0922. The van der Waals surface area contributed by atoms with Crippen molar-refractivity contribution >= 4 is 23.6 Å². The van der Waals surface area contributed by atoms with Crippen LogP contribution in [0.15, 0.2) is 0 Å². The zero-order valence-corrected chi connectivity index (χ0v) is 11.8. The molecule has 0 aromatic heterocycles. The van der Waals surface area contributed by atoms with Crippen molar-refractivity contribution in [3.8, 4) is 0 Å². The Morgan fingerprint density at radius 3 is 3.00 bits per heavy atom. The summed E-state index contributed by atoms with van der Waals surface area (Å²) in [7, 11) is 0. The van der Waals surface area contributed by atoms with Crippen LogP contribution in [0.3, 0.4) is 0 Å². The van der Waals surface area contributed by atoms with Crippen molar-refractivity contribution in [2.75, 3.05) is 24.6 Å². The van der Waals surface area contributed by atoms with Crippen LogP contribution in [0.25, 0.3) is 0 Å². The molecule has 5 nitrogen and oxygen atoms in total. The van der Waals surface area contributed by atoms with Gasteiger partial charge < -0.3 is 10.0 Å². The number of amides is 1. The third kappa shape index (κ3) is 2.48. The van der Waals surface area contributed by atoms with Gasteiger partial charge in [-0.1, -0.05) is 0 Å². The van der Waals surface area contributed by atoms with E-state index >= 15 is 0 Å². The van der Waals surface area contributed by atoms with Crippen LogP contribution in [0, 0.1) is 0 Å². The summed E-state index contributed by atoms with van der Waals surface area (Å²) >= 11 is 1.83. The number of aliphatic carboxylic acids is 1. The number of carbonyl (C=O) groups is 2. The van der Waals surface area contributed by atoms with Gasteiger partial charge >= 0.3 is 5.97 Å². The largest absolute Gasteiger partial charge is 0.481 e. The Morgan fingerprint density at radius 2 is 2.21 bits per heavy atom. The molecule has 0 saturated carbocycles. The van der Waals surface area contributed by atoms with Crippen LogP contribution in [0.2, 0.25) is 0 Å². The van der Waals surface area contributed by atoms with E-state index in [4.69, 9.17) is 5.11 Å². The first kappa shape index (κ1) is 13.2. The van der Waals surface area contributed by atoms with Crippen molar-refractivity contribution < 1.29 is 14.7 Å². The summed E-state index contributed by atoms with van der Waals surface area (Å²) in [4.78, 5) is 27.4. The molecule has 1 amide bonds. The molecule has 0 aliphatic carbocycles. The number of hydrogen-bond donors (Lipinski definition) is 1. The summed E-state index contributed by atoms with van der Waals surface area (Å²) in [5, 5.41) is 9.05. The number of carbonyl (C=O) groups excluding carboxylic acids is 1. The summed E-state index contributed by atoms with van der Waals surface area (Å²) in [5.74, 6) is 1.46. The van der Waals surface area contributed by atoms with E-state index in [0.29, 0.717) is 12.5 Å². The van der Waals surface area contributed by atoms with Crippen molar-refractivity contribution in [1.29, 1.82) is 0 Å². The van der Waals surface area contributed by atoms with Crippen molar-refractivity contribution in [2.24, 2.45) is 0 Å². The first-order valence-electron chi connectivity index (χ1n) is 7.01. The topological polar surface area (TPSA) is 60.9 Å². The van der Waals surface area contributed by atoms with Gasteiger partial charge in [-0.15, -0.1) is 0 Å². The summed E-state index contributed by atoms with van der Waals surface area (Å²) in [6.45, 7) is 1.82. The van der Waals surface area contributed by atoms with Gasteiger partial charge in [0.1, 0.15) is 0 Å². The fourth-order valence-corrected chi connectivity index (χ4v) is 4.84. The lowest BCUT2D eigenvalue weighted by Crippen LogP contribution is -2.52. The Morgan fingerprint density at radius 1 is 1.37 bits per heavy atom. The van der Waals surface area contributed by atoms with E-state index in [1.54, 1.807) is 0 Å².